The maximum Gasteiger partial charge on any atom is 0.317 e. The zero-order valence-electron chi connectivity index (χ0n) is 15.3. The Balaban J connectivity index is 1.39. The van der Waals surface area contributed by atoms with Crippen molar-refractivity contribution in [3.8, 4) is 0 Å². The van der Waals surface area contributed by atoms with E-state index in [1.165, 1.54) is 19.3 Å². The maximum absolute atomic E-state index is 12.7. The molecule has 2 aliphatic heterocycles. The second-order valence-electron chi connectivity index (χ2n) is 8.03. The number of amides is 2. The van der Waals surface area contributed by atoms with Gasteiger partial charge in [-0.05, 0) is 31.7 Å². The van der Waals surface area contributed by atoms with Crippen molar-refractivity contribution in [1.82, 2.24) is 20.2 Å². The molecule has 26 heavy (non-hydrogen) atoms. The summed E-state index contributed by atoms with van der Waals surface area (Å²) in [5.74, 6) is 0.740. The van der Waals surface area contributed by atoms with E-state index in [1.807, 2.05) is 11.0 Å². The summed E-state index contributed by atoms with van der Waals surface area (Å²) >= 11 is 0. The minimum atomic E-state index is -0.674. The van der Waals surface area contributed by atoms with Gasteiger partial charge >= 0.3 is 6.03 Å². The number of fused-ring (bicyclic) bond motifs is 1. The number of hydrogen-bond acceptors (Lipinski definition) is 5. The van der Waals surface area contributed by atoms with Crippen molar-refractivity contribution in [3.05, 3.63) is 18.5 Å². The fourth-order valence-electron chi connectivity index (χ4n) is 4.64. The van der Waals surface area contributed by atoms with Gasteiger partial charge in [-0.2, -0.15) is 0 Å². The Hall–Kier alpha value is -1.89. The number of piperidine rings is 2. The normalized spacial score (nSPS) is 30.0. The topological polar surface area (TPSA) is 81.6 Å². The average Bonchev–Trinajstić information content (AvgIpc) is 2.68. The summed E-state index contributed by atoms with van der Waals surface area (Å²) in [5.41, 5.74) is -0.674. The number of carbonyl (C=O) groups excluding carboxylic acids is 1. The molecule has 7 heteroatoms. The van der Waals surface area contributed by atoms with Crippen LogP contribution in [0.4, 0.5) is 10.7 Å². The van der Waals surface area contributed by atoms with Gasteiger partial charge in [-0.1, -0.05) is 19.3 Å². The first kappa shape index (κ1) is 17.5. The minimum Gasteiger partial charge on any atom is -0.389 e. The predicted molar refractivity (Wildman–Crippen MR) is 98.9 cm³/mol. The monoisotopic (exact) mass is 359 g/mol. The Morgan fingerprint density at radius 2 is 1.85 bits per heavy atom. The number of hydrogen-bond donors (Lipinski definition) is 2. The molecule has 2 atom stereocenters. The second-order valence-corrected chi connectivity index (χ2v) is 8.03. The lowest BCUT2D eigenvalue weighted by atomic mass is 9.76. The number of carbonyl (C=O) groups is 1. The summed E-state index contributed by atoms with van der Waals surface area (Å²) in [5, 5.41) is 14.3. The summed E-state index contributed by atoms with van der Waals surface area (Å²) in [7, 11) is 0. The molecule has 0 bridgehead atoms. The summed E-state index contributed by atoms with van der Waals surface area (Å²) in [6.07, 6.45) is 10.7. The molecule has 0 aromatic carbocycles. The van der Waals surface area contributed by atoms with Crippen molar-refractivity contribution in [3.63, 3.8) is 0 Å². The van der Waals surface area contributed by atoms with E-state index >= 15 is 0 Å². The Morgan fingerprint density at radius 1 is 1.12 bits per heavy atom. The van der Waals surface area contributed by atoms with Gasteiger partial charge in [0.15, 0.2) is 0 Å². The number of aromatic nitrogens is 2. The molecule has 1 aromatic rings. The van der Waals surface area contributed by atoms with E-state index in [4.69, 9.17) is 0 Å². The first-order valence-electron chi connectivity index (χ1n) is 9.94. The molecule has 0 spiro atoms. The number of urea groups is 1. The van der Waals surface area contributed by atoms with Crippen molar-refractivity contribution in [2.75, 3.05) is 31.1 Å². The molecular formula is C19H29N5O2. The third-order valence-corrected chi connectivity index (χ3v) is 6.33. The van der Waals surface area contributed by atoms with E-state index in [2.05, 4.69) is 20.2 Å². The second kappa shape index (κ2) is 7.39. The van der Waals surface area contributed by atoms with E-state index in [1.54, 1.807) is 12.4 Å². The number of rotatable bonds is 2. The van der Waals surface area contributed by atoms with E-state index < -0.39 is 5.60 Å². The number of nitrogens with zero attached hydrogens (tertiary/aromatic N) is 4. The van der Waals surface area contributed by atoms with Crippen LogP contribution >= 0.6 is 0 Å². The molecule has 2 N–H and O–H groups in total. The molecule has 2 amide bonds. The lowest BCUT2D eigenvalue weighted by molar-refractivity contribution is -0.0749. The molecule has 0 unspecified atom stereocenters. The van der Waals surface area contributed by atoms with Crippen molar-refractivity contribution in [2.24, 2.45) is 5.92 Å². The number of nitrogens with one attached hydrogen (secondary N) is 1. The van der Waals surface area contributed by atoms with Crippen LogP contribution in [0.5, 0.6) is 0 Å². The predicted octanol–water partition coefficient (Wildman–Crippen LogP) is 1.78. The SMILES string of the molecule is O=C(NC1CCCCC1)N1CC[C@]2(O)CCN(c3ncccn3)C[C@@H]2C1. The van der Waals surface area contributed by atoms with E-state index in [-0.39, 0.29) is 11.9 Å². The molecule has 1 saturated carbocycles. The molecular weight excluding hydrogens is 330 g/mol. The average molecular weight is 359 g/mol. The Morgan fingerprint density at radius 3 is 2.62 bits per heavy atom. The highest BCUT2D eigenvalue weighted by molar-refractivity contribution is 5.74. The first-order chi connectivity index (χ1) is 12.6. The van der Waals surface area contributed by atoms with Gasteiger partial charge < -0.3 is 20.2 Å². The van der Waals surface area contributed by atoms with Crippen LogP contribution in [0.25, 0.3) is 0 Å². The fourth-order valence-corrected chi connectivity index (χ4v) is 4.64. The van der Waals surface area contributed by atoms with Crippen molar-refractivity contribution < 1.29 is 9.90 Å². The first-order valence-corrected chi connectivity index (χ1v) is 9.94. The maximum atomic E-state index is 12.7. The largest absolute Gasteiger partial charge is 0.389 e. The number of likely N-dealkylation sites (tertiary alicyclic amines) is 1. The summed E-state index contributed by atoms with van der Waals surface area (Å²) in [6, 6.07) is 2.16. The molecule has 1 aromatic heterocycles. The molecule has 4 rings (SSSR count). The van der Waals surface area contributed by atoms with Crippen LogP contribution in [-0.4, -0.2) is 63.8 Å². The lowest BCUT2D eigenvalue weighted by Crippen LogP contribution is -2.62. The van der Waals surface area contributed by atoms with Crippen molar-refractivity contribution in [1.29, 1.82) is 0 Å². The Kier molecular flexibility index (Phi) is 4.98. The zero-order valence-corrected chi connectivity index (χ0v) is 15.3. The van der Waals surface area contributed by atoms with Gasteiger partial charge in [0, 0.05) is 50.5 Å². The van der Waals surface area contributed by atoms with Gasteiger partial charge in [0.1, 0.15) is 0 Å². The molecule has 7 nitrogen and oxygen atoms in total. The van der Waals surface area contributed by atoms with E-state index in [9.17, 15) is 9.90 Å². The van der Waals surface area contributed by atoms with Crippen LogP contribution in [0.2, 0.25) is 0 Å². The van der Waals surface area contributed by atoms with Gasteiger partial charge in [-0.3, -0.25) is 0 Å². The van der Waals surface area contributed by atoms with Gasteiger partial charge in [-0.25, -0.2) is 14.8 Å². The third kappa shape index (κ3) is 3.63. The number of aliphatic hydroxyl groups is 1. The molecule has 0 radical (unpaired) electrons. The van der Waals surface area contributed by atoms with E-state index in [0.717, 1.165) is 19.4 Å². The van der Waals surface area contributed by atoms with Crippen LogP contribution in [0.15, 0.2) is 18.5 Å². The standard InChI is InChI=1S/C19H29N5O2/c25-18(22-16-5-2-1-3-6-16)24-12-8-19(26)7-11-23(13-15(19)14-24)17-20-9-4-10-21-17/h4,9-10,15-16,26H,1-3,5-8,11-14H2,(H,22,25)/t15-,19-/m1/s1. The highest BCUT2D eigenvalue weighted by Crippen LogP contribution is 2.36. The fraction of sp³-hybridized carbons (Fsp3) is 0.737. The summed E-state index contributed by atoms with van der Waals surface area (Å²) in [4.78, 5) is 25.4. The van der Waals surface area contributed by atoms with Crippen LogP contribution in [-0.2, 0) is 0 Å². The quantitative estimate of drug-likeness (QED) is 0.841. The van der Waals surface area contributed by atoms with Crippen LogP contribution in [0, 0.1) is 5.92 Å². The molecule has 3 aliphatic rings. The molecule has 3 fully saturated rings. The van der Waals surface area contributed by atoms with Gasteiger partial charge in [0.25, 0.3) is 0 Å². The highest BCUT2D eigenvalue weighted by atomic mass is 16.3. The van der Waals surface area contributed by atoms with Crippen LogP contribution in [0.1, 0.15) is 44.9 Å². The zero-order chi connectivity index (χ0) is 18.0. The van der Waals surface area contributed by atoms with Gasteiger partial charge in [-0.15, -0.1) is 0 Å². The Labute approximate surface area is 154 Å². The minimum absolute atomic E-state index is 0.0333. The molecule has 2 saturated heterocycles. The Bertz CT molecular complexity index is 622. The molecule has 3 heterocycles. The van der Waals surface area contributed by atoms with Crippen molar-refractivity contribution >= 4 is 12.0 Å². The third-order valence-electron chi connectivity index (χ3n) is 6.33. The summed E-state index contributed by atoms with van der Waals surface area (Å²) in [6.45, 7) is 2.67. The van der Waals surface area contributed by atoms with Crippen molar-refractivity contribution in [2.45, 2.75) is 56.6 Å². The van der Waals surface area contributed by atoms with Crippen LogP contribution in [0.3, 0.4) is 0 Å². The lowest BCUT2D eigenvalue weighted by Gasteiger charge is -2.50. The highest BCUT2D eigenvalue weighted by Gasteiger charge is 2.46. The molecule has 142 valence electrons. The summed E-state index contributed by atoms with van der Waals surface area (Å²) < 4.78 is 0. The van der Waals surface area contributed by atoms with Crippen LogP contribution < -0.4 is 10.2 Å². The number of anilines is 1. The smallest absolute Gasteiger partial charge is 0.317 e. The molecule has 1 aliphatic carbocycles. The van der Waals surface area contributed by atoms with E-state index in [0.29, 0.717) is 44.5 Å². The van der Waals surface area contributed by atoms with Gasteiger partial charge in [0.05, 0.1) is 5.60 Å². The van der Waals surface area contributed by atoms with Gasteiger partial charge in [0.2, 0.25) is 5.95 Å².